The van der Waals surface area contributed by atoms with Gasteiger partial charge in [0.15, 0.2) is 0 Å². The summed E-state index contributed by atoms with van der Waals surface area (Å²) in [4.78, 5) is 15.9. The third-order valence-corrected chi connectivity index (χ3v) is 3.34. The maximum atomic E-state index is 11.9. The molecule has 0 aliphatic rings. The van der Waals surface area contributed by atoms with E-state index in [9.17, 15) is 4.79 Å². The lowest BCUT2D eigenvalue weighted by Gasteiger charge is -2.14. The molecule has 0 saturated heterocycles. The van der Waals surface area contributed by atoms with Crippen molar-refractivity contribution in [2.75, 3.05) is 11.9 Å². The Morgan fingerprint density at radius 2 is 2.20 bits per heavy atom. The molecule has 2 heterocycles. The van der Waals surface area contributed by atoms with Crippen LogP contribution in [0.25, 0.3) is 0 Å². The third kappa shape index (κ3) is 2.98. The van der Waals surface area contributed by atoms with Crippen LogP contribution in [0.1, 0.15) is 24.4 Å². The Bertz CT molecular complexity index is 586. The van der Waals surface area contributed by atoms with Crippen LogP contribution in [0.5, 0.6) is 0 Å². The average Bonchev–Trinajstić information content (AvgIpc) is 3.01. The topological polar surface area (TPSA) is 76.8 Å². The zero-order valence-electron chi connectivity index (χ0n) is 12.2. The molecule has 0 fully saturated rings. The molecule has 2 rings (SSSR count). The monoisotopic (exact) mass is 276 g/mol. The first-order chi connectivity index (χ1) is 9.49. The first-order valence-electron chi connectivity index (χ1n) is 6.51. The lowest BCUT2D eigenvalue weighted by atomic mass is 10.3. The van der Waals surface area contributed by atoms with Crippen LogP contribution in [0.2, 0.25) is 0 Å². The molecular formula is C13H20N6O. The Labute approximate surface area is 118 Å². The van der Waals surface area contributed by atoms with E-state index >= 15 is 0 Å². The maximum Gasteiger partial charge on any atom is 0.319 e. The number of aromatic nitrogens is 4. The van der Waals surface area contributed by atoms with E-state index in [0.29, 0.717) is 6.54 Å². The number of anilines is 1. The lowest BCUT2D eigenvalue weighted by Crippen LogP contribution is -2.33. The zero-order chi connectivity index (χ0) is 14.7. The quantitative estimate of drug-likeness (QED) is 0.890. The number of urea groups is 1. The van der Waals surface area contributed by atoms with Gasteiger partial charge in [0.1, 0.15) is 0 Å². The second-order valence-electron chi connectivity index (χ2n) is 4.86. The van der Waals surface area contributed by atoms with E-state index in [0.717, 1.165) is 17.1 Å². The summed E-state index contributed by atoms with van der Waals surface area (Å²) >= 11 is 0. The predicted octanol–water partition coefficient (Wildman–Crippen LogP) is 1.62. The van der Waals surface area contributed by atoms with Crippen molar-refractivity contribution in [3.05, 3.63) is 30.1 Å². The number of nitrogens with one attached hydrogen (secondary N) is 2. The predicted molar refractivity (Wildman–Crippen MR) is 76.6 cm³/mol. The largest absolute Gasteiger partial charge is 0.336 e. The van der Waals surface area contributed by atoms with Crippen LogP contribution in [0, 0.1) is 13.8 Å². The minimum absolute atomic E-state index is 0.152. The van der Waals surface area contributed by atoms with E-state index in [1.54, 1.807) is 17.2 Å². The van der Waals surface area contributed by atoms with Gasteiger partial charge in [-0.25, -0.2) is 9.78 Å². The number of carbonyl (C=O) groups excluding carboxylic acids is 1. The van der Waals surface area contributed by atoms with Crippen LogP contribution in [-0.2, 0) is 7.05 Å². The smallest absolute Gasteiger partial charge is 0.319 e. The fourth-order valence-corrected chi connectivity index (χ4v) is 1.99. The average molecular weight is 276 g/mol. The molecule has 0 radical (unpaired) electrons. The second kappa shape index (κ2) is 5.77. The number of rotatable bonds is 4. The van der Waals surface area contributed by atoms with Gasteiger partial charge in [-0.3, -0.25) is 4.68 Å². The van der Waals surface area contributed by atoms with Gasteiger partial charge in [-0.2, -0.15) is 5.10 Å². The summed E-state index contributed by atoms with van der Waals surface area (Å²) in [5.74, 6) is 0. The number of carbonyl (C=O) groups is 1. The number of aryl methyl sites for hydroxylation is 2. The molecule has 2 amide bonds. The van der Waals surface area contributed by atoms with Crippen molar-refractivity contribution >= 4 is 11.7 Å². The van der Waals surface area contributed by atoms with Gasteiger partial charge in [-0.05, 0) is 20.8 Å². The Kier molecular flexibility index (Phi) is 4.07. The first kappa shape index (κ1) is 14.1. The molecule has 7 nitrogen and oxygen atoms in total. The van der Waals surface area contributed by atoms with E-state index in [4.69, 9.17) is 0 Å². The normalized spacial score (nSPS) is 12.2. The van der Waals surface area contributed by atoms with Gasteiger partial charge in [0.05, 0.1) is 23.4 Å². The maximum absolute atomic E-state index is 11.9. The van der Waals surface area contributed by atoms with Gasteiger partial charge >= 0.3 is 6.03 Å². The third-order valence-electron chi connectivity index (χ3n) is 3.34. The molecule has 0 spiro atoms. The Hall–Kier alpha value is -2.31. The zero-order valence-corrected chi connectivity index (χ0v) is 12.2. The van der Waals surface area contributed by atoms with Gasteiger partial charge < -0.3 is 15.2 Å². The summed E-state index contributed by atoms with van der Waals surface area (Å²) < 4.78 is 3.69. The number of amides is 2. The van der Waals surface area contributed by atoms with Gasteiger partial charge in [0.25, 0.3) is 0 Å². The van der Waals surface area contributed by atoms with Crippen LogP contribution in [0.4, 0.5) is 10.5 Å². The SMILES string of the molecule is Cc1nn(C)c(C)c1NC(=O)NCC(C)n1ccnc1. The van der Waals surface area contributed by atoms with Crippen molar-refractivity contribution in [3.8, 4) is 0 Å². The highest BCUT2D eigenvalue weighted by Gasteiger charge is 2.13. The van der Waals surface area contributed by atoms with Crippen molar-refractivity contribution < 1.29 is 4.79 Å². The van der Waals surface area contributed by atoms with E-state index in [1.807, 2.05) is 38.6 Å². The highest BCUT2D eigenvalue weighted by molar-refractivity contribution is 5.90. The van der Waals surface area contributed by atoms with E-state index in [2.05, 4.69) is 20.7 Å². The molecular weight excluding hydrogens is 256 g/mol. The molecule has 20 heavy (non-hydrogen) atoms. The van der Waals surface area contributed by atoms with Gasteiger partial charge in [0, 0.05) is 32.0 Å². The molecule has 7 heteroatoms. The second-order valence-corrected chi connectivity index (χ2v) is 4.86. The molecule has 0 bridgehead atoms. The summed E-state index contributed by atoms with van der Waals surface area (Å²) in [5.41, 5.74) is 2.50. The van der Waals surface area contributed by atoms with Crippen LogP contribution in [0.15, 0.2) is 18.7 Å². The molecule has 1 atom stereocenters. The molecule has 2 aromatic rings. The lowest BCUT2D eigenvalue weighted by molar-refractivity contribution is 0.250. The molecule has 0 saturated carbocycles. The number of imidazole rings is 1. The summed E-state index contributed by atoms with van der Waals surface area (Å²) in [6, 6.07) is -0.0736. The Balaban J connectivity index is 1.90. The van der Waals surface area contributed by atoms with Gasteiger partial charge in [0.2, 0.25) is 0 Å². The van der Waals surface area contributed by atoms with E-state index in [-0.39, 0.29) is 12.1 Å². The summed E-state index contributed by atoms with van der Waals surface area (Å²) in [7, 11) is 1.85. The van der Waals surface area contributed by atoms with Crippen molar-refractivity contribution in [1.29, 1.82) is 0 Å². The summed E-state index contributed by atoms with van der Waals surface area (Å²) in [6.07, 6.45) is 5.33. The molecule has 0 aliphatic carbocycles. The van der Waals surface area contributed by atoms with Crippen LogP contribution >= 0.6 is 0 Å². The van der Waals surface area contributed by atoms with Crippen molar-refractivity contribution in [1.82, 2.24) is 24.6 Å². The molecule has 1 unspecified atom stereocenters. The molecule has 2 aromatic heterocycles. The summed E-state index contributed by atoms with van der Waals surface area (Å²) in [5, 5.41) is 9.95. The van der Waals surface area contributed by atoms with Crippen molar-refractivity contribution in [3.63, 3.8) is 0 Å². The van der Waals surface area contributed by atoms with Gasteiger partial charge in [-0.15, -0.1) is 0 Å². The highest BCUT2D eigenvalue weighted by Crippen LogP contribution is 2.17. The molecule has 2 N–H and O–H groups in total. The van der Waals surface area contributed by atoms with Crippen LogP contribution < -0.4 is 10.6 Å². The molecule has 0 aliphatic heterocycles. The minimum atomic E-state index is -0.226. The Morgan fingerprint density at radius 1 is 1.45 bits per heavy atom. The summed E-state index contributed by atoms with van der Waals surface area (Å²) in [6.45, 7) is 6.34. The van der Waals surface area contributed by atoms with E-state index in [1.165, 1.54) is 0 Å². The van der Waals surface area contributed by atoms with Crippen molar-refractivity contribution in [2.24, 2.45) is 7.05 Å². The Morgan fingerprint density at radius 3 is 2.75 bits per heavy atom. The number of hydrogen-bond donors (Lipinski definition) is 2. The number of hydrogen-bond acceptors (Lipinski definition) is 3. The van der Waals surface area contributed by atoms with Crippen LogP contribution in [0.3, 0.4) is 0 Å². The first-order valence-corrected chi connectivity index (χ1v) is 6.51. The fourth-order valence-electron chi connectivity index (χ4n) is 1.99. The number of nitrogens with zero attached hydrogens (tertiary/aromatic N) is 4. The highest BCUT2D eigenvalue weighted by atomic mass is 16.2. The van der Waals surface area contributed by atoms with Gasteiger partial charge in [-0.1, -0.05) is 0 Å². The fraction of sp³-hybridized carbons (Fsp3) is 0.462. The van der Waals surface area contributed by atoms with E-state index < -0.39 is 0 Å². The standard InChI is InChI=1S/C13H20N6O/c1-9(19-6-5-14-8-19)7-15-13(20)16-12-10(2)17-18(4)11(12)3/h5-6,8-9H,7H2,1-4H3,(H2,15,16,20). The van der Waals surface area contributed by atoms with Crippen LogP contribution in [-0.4, -0.2) is 31.9 Å². The van der Waals surface area contributed by atoms with Crippen molar-refractivity contribution in [2.45, 2.75) is 26.8 Å². The molecule has 0 aromatic carbocycles. The molecule has 108 valence electrons. The minimum Gasteiger partial charge on any atom is -0.336 e.